The second-order valence-electron chi connectivity index (χ2n) is 8.33. The first-order valence-electron chi connectivity index (χ1n) is 10.1. The van der Waals surface area contributed by atoms with Gasteiger partial charge in [-0.25, -0.2) is 4.98 Å². The maximum atomic E-state index is 13.5. The lowest BCUT2D eigenvalue weighted by atomic mass is 9.99. The molecule has 0 unspecified atom stereocenters. The van der Waals surface area contributed by atoms with Crippen LogP contribution in [0.3, 0.4) is 0 Å². The number of aryl methyl sites for hydroxylation is 2. The second-order valence-corrected chi connectivity index (χ2v) is 8.33. The van der Waals surface area contributed by atoms with Crippen LogP contribution in [0.2, 0.25) is 0 Å². The van der Waals surface area contributed by atoms with Crippen LogP contribution in [0.4, 0.5) is 0 Å². The Labute approximate surface area is 166 Å². The molecule has 0 bridgehead atoms. The molecule has 5 heteroatoms. The van der Waals surface area contributed by atoms with Crippen molar-refractivity contribution in [3.05, 3.63) is 47.3 Å². The molecule has 1 amide bonds. The Morgan fingerprint density at radius 3 is 2.64 bits per heavy atom. The summed E-state index contributed by atoms with van der Waals surface area (Å²) in [6, 6.07) is 6.74. The molecule has 0 aliphatic carbocycles. The largest absolute Gasteiger partial charge is 0.336 e. The zero-order valence-corrected chi connectivity index (χ0v) is 17.4. The van der Waals surface area contributed by atoms with Crippen molar-refractivity contribution in [1.82, 2.24) is 19.7 Å². The van der Waals surface area contributed by atoms with E-state index in [1.807, 2.05) is 28.0 Å². The third kappa shape index (κ3) is 3.19. The molecule has 1 aliphatic rings. The van der Waals surface area contributed by atoms with E-state index in [4.69, 9.17) is 4.98 Å². The minimum Gasteiger partial charge on any atom is -0.336 e. The highest BCUT2D eigenvalue weighted by molar-refractivity contribution is 6.08. The van der Waals surface area contributed by atoms with E-state index in [1.54, 1.807) is 0 Å². The summed E-state index contributed by atoms with van der Waals surface area (Å²) in [6.45, 7) is 11.3. The van der Waals surface area contributed by atoms with Crippen LogP contribution in [0.1, 0.15) is 61.1 Å². The molecule has 3 heterocycles. The summed E-state index contributed by atoms with van der Waals surface area (Å²) in [4.78, 5) is 20.4. The molecule has 146 valence electrons. The lowest BCUT2D eigenvalue weighted by molar-refractivity contribution is 0.0749. The van der Waals surface area contributed by atoms with Gasteiger partial charge in [0.05, 0.1) is 23.0 Å². The number of hydrogen-bond donors (Lipinski definition) is 0. The zero-order chi connectivity index (χ0) is 20.0. The van der Waals surface area contributed by atoms with Crippen molar-refractivity contribution in [2.75, 3.05) is 6.54 Å². The van der Waals surface area contributed by atoms with E-state index in [-0.39, 0.29) is 18.0 Å². The van der Waals surface area contributed by atoms with E-state index in [9.17, 15) is 4.79 Å². The van der Waals surface area contributed by atoms with Crippen molar-refractivity contribution in [3.8, 4) is 11.3 Å². The van der Waals surface area contributed by atoms with Crippen molar-refractivity contribution >= 4 is 16.8 Å². The summed E-state index contributed by atoms with van der Waals surface area (Å²) in [5.74, 6) is 0.111. The van der Waals surface area contributed by atoms with Crippen LogP contribution >= 0.6 is 0 Å². The number of rotatable bonds is 3. The molecular weight excluding hydrogens is 348 g/mol. The molecule has 1 saturated heterocycles. The molecule has 5 nitrogen and oxygen atoms in total. The first kappa shape index (κ1) is 18.7. The van der Waals surface area contributed by atoms with Crippen LogP contribution in [0.15, 0.2) is 30.6 Å². The average Bonchev–Trinajstić information content (AvgIpc) is 3.29. The maximum Gasteiger partial charge on any atom is 0.254 e. The van der Waals surface area contributed by atoms with Crippen LogP contribution in [-0.4, -0.2) is 38.2 Å². The Bertz CT molecular complexity index is 1050. The molecule has 0 saturated carbocycles. The molecule has 0 N–H and O–H groups in total. The zero-order valence-electron chi connectivity index (χ0n) is 17.4. The number of pyridine rings is 1. The van der Waals surface area contributed by atoms with Gasteiger partial charge >= 0.3 is 0 Å². The van der Waals surface area contributed by atoms with Crippen LogP contribution in [0.5, 0.6) is 0 Å². The molecular formula is C23H28N4O. The Morgan fingerprint density at radius 2 is 2.00 bits per heavy atom. The van der Waals surface area contributed by atoms with Crippen LogP contribution in [-0.2, 0) is 0 Å². The number of nitrogens with zero attached hydrogens (tertiary/aromatic N) is 4. The van der Waals surface area contributed by atoms with Gasteiger partial charge < -0.3 is 4.90 Å². The highest BCUT2D eigenvalue weighted by Crippen LogP contribution is 2.30. The van der Waals surface area contributed by atoms with Gasteiger partial charge in [0.2, 0.25) is 0 Å². The van der Waals surface area contributed by atoms with Gasteiger partial charge in [-0.05, 0) is 65.2 Å². The molecule has 2 aromatic heterocycles. The fourth-order valence-electron chi connectivity index (χ4n) is 4.15. The smallest absolute Gasteiger partial charge is 0.254 e. The summed E-state index contributed by atoms with van der Waals surface area (Å²) >= 11 is 0. The molecule has 3 aromatic rings. The first-order chi connectivity index (χ1) is 13.3. The molecule has 0 spiro atoms. The SMILES string of the molecule is Cc1cc(C)c2nc(-c3cnn(C(C)C)c3)cc(C(=O)N3CCC[C@@H]3C)c2c1. The van der Waals surface area contributed by atoms with Gasteiger partial charge in [-0.15, -0.1) is 0 Å². The summed E-state index contributed by atoms with van der Waals surface area (Å²) < 4.78 is 1.92. The third-order valence-electron chi connectivity index (χ3n) is 5.72. The predicted molar refractivity (Wildman–Crippen MR) is 113 cm³/mol. The lowest BCUT2D eigenvalue weighted by Gasteiger charge is -2.23. The normalized spacial score (nSPS) is 17.1. The summed E-state index contributed by atoms with van der Waals surface area (Å²) in [7, 11) is 0. The number of fused-ring (bicyclic) bond motifs is 1. The van der Waals surface area contributed by atoms with Crippen molar-refractivity contribution in [1.29, 1.82) is 0 Å². The Balaban J connectivity index is 1.91. The minimum atomic E-state index is 0.111. The number of likely N-dealkylation sites (tertiary alicyclic amines) is 1. The van der Waals surface area contributed by atoms with Crippen molar-refractivity contribution in [2.45, 2.75) is 59.5 Å². The maximum absolute atomic E-state index is 13.5. The number of benzene rings is 1. The van der Waals surface area contributed by atoms with Gasteiger partial charge in [0.15, 0.2) is 0 Å². The lowest BCUT2D eigenvalue weighted by Crippen LogP contribution is -2.33. The number of aromatic nitrogens is 3. The van der Waals surface area contributed by atoms with E-state index in [1.165, 1.54) is 0 Å². The van der Waals surface area contributed by atoms with Crippen molar-refractivity contribution in [2.24, 2.45) is 0 Å². The fourth-order valence-corrected chi connectivity index (χ4v) is 4.15. The Kier molecular flexibility index (Phi) is 4.69. The molecule has 1 aliphatic heterocycles. The second kappa shape index (κ2) is 7.04. The van der Waals surface area contributed by atoms with Gasteiger partial charge in [0, 0.05) is 35.8 Å². The van der Waals surface area contributed by atoms with E-state index >= 15 is 0 Å². The average molecular weight is 377 g/mol. The molecule has 1 fully saturated rings. The van der Waals surface area contributed by atoms with Crippen LogP contribution in [0.25, 0.3) is 22.2 Å². The van der Waals surface area contributed by atoms with E-state index < -0.39 is 0 Å². The predicted octanol–water partition coefficient (Wildman–Crippen LogP) is 4.92. The van der Waals surface area contributed by atoms with Gasteiger partial charge in [-0.2, -0.15) is 5.10 Å². The topological polar surface area (TPSA) is 51.0 Å². The standard InChI is InChI=1S/C23H28N4O/c1-14(2)27-13-18(12-24-27)21-11-20(23(28)26-8-6-7-17(26)5)19-10-15(3)9-16(4)22(19)25-21/h9-14,17H,6-8H2,1-5H3/t17-/m0/s1. The molecule has 28 heavy (non-hydrogen) atoms. The van der Waals surface area contributed by atoms with Crippen molar-refractivity contribution in [3.63, 3.8) is 0 Å². The number of hydrogen-bond acceptors (Lipinski definition) is 3. The van der Waals surface area contributed by atoms with Crippen LogP contribution in [0, 0.1) is 13.8 Å². The van der Waals surface area contributed by atoms with Gasteiger partial charge in [-0.1, -0.05) is 11.6 Å². The van der Waals surface area contributed by atoms with Crippen molar-refractivity contribution < 1.29 is 4.79 Å². The highest BCUT2D eigenvalue weighted by Gasteiger charge is 2.28. The van der Waals surface area contributed by atoms with Crippen LogP contribution < -0.4 is 0 Å². The Morgan fingerprint density at radius 1 is 1.21 bits per heavy atom. The third-order valence-corrected chi connectivity index (χ3v) is 5.72. The summed E-state index contributed by atoms with van der Waals surface area (Å²) in [6.07, 6.45) is 5.99. The van der Waals surface area contributed by atoms with Gasteiger partial charge in [0.1, 0.15) is 0 Å². The van der Waals surface area contributed by atoms with E-state index in [0.29, 0.717) is 0 Å². The summed E-state index contributed by atoms with van der Waals surface area (Å²) in [5, 5.41) is 5.40. The highest BCUT2D eigenvalue weighted by atomic mass is 16.2. The fraction of sp³-hybridized carbons (Fsp3) is 0.435. The first-order valence-corrected chi connectivity index (χ1v) is 10.1. The van der Waals surface area contributed by atoms with Gasteiger partial charge in [0.25, 0.3) is 5.91 Å². The number of carbonyl (C=O) groups excluding carboxylic acids is 1. The molecule has 1 aromatic carbocycles. The van der Waals surface area contributed by atoms with Gasteiger partial charge in [-0.3, -0.25) is 9.48 Å². The quantitative estimate of drug-likeness (QED) is 0.652. The van der Waals surface area contributed by atoms with E-state index in [0.717, 1.165) is 58.2 Å². The molecule has 1 atom stereocenters. The monoisotopic (exact) mass is 376 g/mol. The molecule has 4 rings (SSSR count). The summed E-state index contributed by atoms with van der Waals surface area (Å²) in [5.41, 5.74) is 5.64. The Hall–Kier alpha value is -2.69. The molecule has 0 radical (unpaired) electrons. The van der Waals surface area contributed by atoms with E-state index in [2.05, 4.69) is 51.9 Å². The minimum absolute atomic E-state index is 0.111. The number of amides is 1. The number of carbonyl (C=O) groups is 1.